The molecule has 3 aromatic carbocycles. The van der Waals surface area contributed by atoms with Crippen molar-refractivity contribution in [3.8, 4) is 17.4 Å². The summed E-state index contributed by atoms with van der Waals surface area (Å²) in [6, 6.07) is 23.0. The van der Waals surface area contributed by atoms with Gasteiger partial charge in [0.2, 0.25) is 5.88 Å². The molecule has 9 nitrogen and oxygen atoms in total. The highest BCUT2D eigenvalue weighted by Crippen LogP contribution is 2.31. The third-order valence-corrected chi connectivity index (χ3v) is 8.86. The molecule has 6 rings (SSSR count). The number of carbonyl (C=O) groups excluding carboxylic acids is 2. The second kappa shape index (κ2) is 14.0. The number of piperidine rings is 1. The number of halogens is 3. The van der Waals surface area contributed by atoms with E-state index in [-0.39, 0.29) is 17.4 Å². The topological polar surface area (TPSA) is 88.9 Å². The van der Waals surface area contributed by atoms with Gasteiger partial charge in [-0.1, -0.05) is 12.1 Å². The number of aromatic nitrogens is 2. The average molecular weight is 672 g/mol. The molecule has 0 aliphatic carbocycles. The van der Waals surface area contributed by atoms with Crippen LogP contribution in [0.1, 0.15) is 44.8 Å². The first-order valence-corrected chi connectivity index (χ1v) is 15.8. The van der Waals surface area contributed by atoms with Crippen LogP contribution in [0.25, 0.3) is 10.9 Å². The van der Waals surface area contributed by atoms with Gasteiger partial charge in [-0.3, -0.25) is 9.59 Å². The Balaban J connectivity index is 1.05. The monoisotopic (exact) mass is 671 g/mol. The van der Waals surface area contributed by atoms with Crippen molar-refractivity contribution in [1.82, 2.24) is 19.8 Å². The fourth-order valence-corrected chi connectivity index (χ4v) is 5.92. The molecular weight excluding hydrogens is 635 g/mol. The lowest BCUT2D eigenvalue weighted by Crippen LogP contribution is -2.45. The highest BCUT2D eigenvalue weighted by molar-refractivity contribution is 6.05. The Morgan fingerprint density at radius 3 is 2.27 bits per heavy atom. The van der Waals surface area contributed by atoms with Crippen LogP contribution in [0.2, 0.25) is 0 Å². The van der Waals surface area contributed by atoms with Crippen LogP contribution in [0.15, 0.2) is 91.1 Å². The molecule has 12 heteroatoms. The summed E-state index contributed by atoms with van der Waals surface area (Å²) in [5, 5.41) is 4.45. The van der Waals surface area contributed by atoms with Crippen LogP contribution < -0.4 is 19.7 Å². The van der Waals surface area contributed by atoms with E-state index < -0.39 is 17.6 Å². The molecule has 1 aliphatic rings. The molecule has 0 radical (unpaired) electrons. The maximum absolute atomic E-state index is 13.6. The standard InChI is InChI=1S/C37H36F3N5O4/c1-43(35(46)25-6-8-27(9-7-25)37(38,39)40)29-10-15-34(42-23-29)49-31-13-14-32-26(20-31)21-33(44(32)2)36(47)45-18-16-28(17-19-45)41-22-24-4-11-30(48-3)12-5-24/h4-15,20-21,23,28,41H,16-19,22H2,1-3H3. The van der Waals surface area contributed by atoms with Crippen molar-refractivity contribution in [3.05, 3.63) is 114 Å². The van der Waals surface area contributed by atoms with Gasteiger partial charge in [0.1, 0.15) is 17.2 Å². The molecule has 2 amide bonds. The minimum atomic E-state index is -4.48. The van der Waals surface area contributed by atoms with Crippen LogP contribution in [0.5, 0.6) is 17.4 Å². The number of alkyl halides is 3. The predicted octanol–water partition coefficient (Wildman–Crippen LogP) is 7.06. The first-order valence-electron chi connectivity index (χ1n) is 15.8. The first-order chi connectivity index (χ1) is 23.5. The molecular formula is C37H36F3N5O4. The van der Waals surface area contributed by atoms with Gasteiger partial charge < -0.3 is 29.2 Å². The number of fused-ring (bicyclic) bond motifs is 1. The number of benzene rings is 3. The number of methoxy groups -OCH3 is 1. The van der Waals surface area contributed by atoms with Crippen molar-refractivity contribution < 1.29 is 32.2 Å². The fraction of sp³-hybridized carbons (Fsp3) is 0.270. The summed E-state index contributed by atoms with van der Waals surface area (Å²) >= 11 is 0. The number of amides is 2. The molecule has 0 spiro atoms. The van der Waals surface area contributed by atoms with Crippen LogP contribution in [0.3, 0.4) is 0 Å². The lowest BCUT2D eigenvalue weighted by molar-refractivity contribution is -0.137. The highest BCUT2D eigenvalue weighted by Gasteiger charge is 2.30. The molecule has 254 valence electrons. The number of nitrogens with zero attached hydrogens (tertiary/aromatic N) is 4. The summed E-state index contributed by atoms with van der Waals surface area (Å²) in [6.45, 7) is 2.10. The van der Waals surface area contributed by atoms with Crippen molar-refractivity contribution in [1.29, 1.82) is 0 Å². The Kier molecular flexibility index (Phi) is 9.59. The number of carbonyl (C=O) groups is 2. The third-order valence-electron chi connectivity index (χ3n) is 8.86. The summed E-state index contributed by atoms with van der Waals surface area (Å²) in [7, 11) is 5.05. The summed E-state index contributed by atoms with van der Waals surface area (Å²) < 4.78 is 51.8. The normalized spacial score (nSPS) is 13.8. The van der Waals surface area contributed by atoms with Crippen molar-refractivity contribution in [2.45, 2.75) is 31.6 Å². The Labute approximate surface area is 281 Å². The maximum atomic E-state index is 13.6. The molecule has 5 aromatic rings. The van der Waals surface area contributed by atoms with E-state index in [1.807, 2.05) is 59.0 Å². The molecule has 0 unspecified atom stereocenters. The molecule has 1 fully saturated rings. The van der Waals surface area contributed by atoms with E-state index in [4.69, 9.17) is 9.47 Å². The average Bonchev–Trinajstić information content (AvgIpc) is 3.45. The van der Waals surface area contributed by atoms with Gasteiger partial charge in [0.05, 0.1) is 24.6 Å². The van der Waals surface area contributed by atoms with Gasteiger partial charge in [-0.2, -0.15) is 13.2 Å². The van der Waals surface area contributed by atoms with Crippen molar-refractivity contribution in [2.75, 3.05) is 32.1 Å². The minimum absolute atomic E-state index is 0.0120. The summed E-state index contributed by atoms with van der Waals surface area (Å²) in [5.41, 5.74) is 2.41. The Morgan fingerprint density at radius 2 is 1.63 bits per heavy atom. The lowest BCUT2D eigenvalue weighted by atomic mass is 10.0. The molecule has 49 heavy (non-hydrogen) atoms. The number of nitrogens with one attached hydrogen (secondary N) is 1. The molecule has 0 bridgehead atoms. The van der Waals surface area contributed by atoms with Crippen molar-refractivity contribution >= 4 is 28.4 Å². The van der Waals surface area contributed by atoms with E-state index in [1.54, 1.807) is 25.3 Å². The number of aryl methyl sites for hydroxylation is 1. The molecule has 1 saturated heterocycles. The smallest absolute Gasteiger partial charge is 0.416 e. The molecule has 0 saturated carbocycles. The van der Waals surface area contributed by atoms with E-state index in [9.17, 15) is 22.8 Å². The van der Waals surface area contributed by atoms with Gasteiger partial charge in [0.15, 0.2) is 0 Å². The highest BCUT2D eigenvalue weighted by atomic mass is 19.4. The predicted molar refractivity (Wildman–Crippen MR) is 180 cm³/mol. The first kappa shape index (κ1) is 33.5. The van der Waals surface area contributed by atoms with E-state index in [0.29, 0.717) is 36.3 Å². The number of pyridine rings is 1. The fourth-order valence-electron chi connectivity index (χ4n) is 5.92. The number of likely N-dealkylation sites (tertiary alicyclic amines) is 1. The Morgan fingerprint density at radius 1 is 0.939 bits per heavy atom. The van der Waals surface area contributed by atoms with Crippen molar-refractivity contribution in [3.63, 3.8) is 0 Å². The molecule has 1 aliphatic heterocycles. The summed E-state index contributed by atoms with van der Waals surface area (Å²) in [6.07, 6.45) is -1.29. The van der Waals surface area contributed by atoms with Gasteiger partial charge >= 0.3 is 6.18 Å². The van der Waals surface area contributed by atoms with Gasteiger partial charge in [-0.05, 0) is 85.1 Å². The van der Waals surface area contributed by atoms with E-state index >= 15 is 0 Å². The number of hydrogen-bond donors (Lipinski definition) is 1. The molecule has 2 aromatic heterocycles. The zero-order chi connectivity index (χ0) is 34.7. The molecule has 3 heterocycles. The van der Waals surface area contributed by atoms with Crippen LogP contribution in [0, 0.1) is 0 Å². The van der Waals surface area contributed by atoms with Gasteiger partial charge in [-0.15, -0.1) is 0 Å². The number of hydrogen-bond acceptors (Lipinski definition) is 6. The SMILES string of the molecule is COc1ccc(CNC2CCN(C(=O)c3cc4cc(Oc5ccc(N(C)C(=O)c6ccc(C(F)(F)F)cc6)cn5)ccc4n3C)CC2)cc1. The largest absolute Gasteiger partial charge is 0.497 e. The number of anilines is 1. The third kappa shape index (κ3) is 7.54. The second-order valence-electron chi connectivity index (χ2n) is 12.0. The quantitative estimate of drug-likeness (QED) is 0.181. The van der Waals surface area contributed by atoms with Crippen LogP contribution in [0.4, 0.5) is 18.9 Å². The van der Waals surface area contributed by atoms with Gasteiger partial charge in [0, 0.05) is 62.3 Å². The van der Waals surface area contributed by atoms with Crippen molar-refractivity contribution in [2.24, 2.45) is 7.05 Å². The second-order valence-corrected chi connectivity index (χ2v) is 12.0. The van der Waals surface area contributed by atoms with Gasteiger partial charge in [-0.25, -0.2) is 4.98 Å². The zero-order valence-corrected chi connectivity index (χ0v) is 27.3. The van der Waals surface area contributed by atoms with E-state index in [1.165, 1.54) is 23.7 Å². The van der Waals surface area contributed by atoms with E-state index in [0.717, 1.165) is 60.3 Å². The molecule has 0 atom stereocenters. The maximum Gasteiger partial charge on any atom is 0.416 e. The Bertz CT molecular complexity index is 1930. The minimum Gasteiger partial charge on any atom is -0.497 e. The van der Waals surface area contributed by atoms with Crippen LogP contribution in [-0.4, -0.2) is 59.6 Å². The lowest BCUT2D eigenvalue weighted by Gasteiger charge is -2.32. The number of rotatable bonds is 9. The Hall–Kier alpha value is -5.36. The van der Waals surface area contributed by atoms with Gasteiger partial charge in [0.25, 0.3) is 11.8 Å². The van der Waals surface area contributed by atoms with Crippen LogP contribution in [-0.2, 0) is 19.8 Å². The molecule has 1 N–H and O–H groups in total. The zero-order valence-electron chi connectivity index (χ0n) is 27.3. The van der Waals surface area contributed by atoms with E-state index in [2.05, 4.69) is 10.3 Å². The number of ether oxygens (including phenoxy) is 2. The summed E-state index contributed by atoms with van der Waals surface area (Å²) in [5.74, 6) is 1.15. The summed E-state index contributed by atoms with van der Waals surface area (Å²) in [4.78, 5) is 33.9. The van der Waals surface area contributed by atoms with Crippen LogP contribution >= 0.6 is 0 Å².